The summed E-state index contributed by atoms with van der Waals surface area (Å²) in [5.74, 6) is -0.137. The van der Waals surface area contributed by atoms with E-state index in [1.54, 1.807) is 30.3 Å². The molecule has 1 heterocycles. The summed E-state index contributed by atoms with van der Waals surface area (Å²) in [5.41, 5.74) is 0.644. The highest BCUT2D eigenvalue weighted by atomic mass is 16.5. The second-order valence-corrected chi connectivity index (χ2v) is 4.16. The van der Waals surface area contributed by atoms with Crippen molar-refractivity contribution in [1.82, 2.24) is 0 Å². The number of rotatable bonds is 6. The van der Waals surface area contributed by atoms with Crippen molar-refractivity contribution >= 4 is 11.8 Å². The fourth-order valence-electron chi connectivity index (χ4n) is 1.67. The zero-order valence-corrected chi connectivity index (χ0v) is 11.0. The average Bonchev–Trinajstić information content (AvgIpc) is 2.94. The van der Waals surface area contributed by atoms with Crippen LogP contribution in [-0.2, 0) is 6.61 Å². The Hall–Kier alpha value is -2.56. The molecule has 0 amide bonds. The molecule has 5 heteroatoms. The minimum atomic E-state index is -1.11. The molecule has 0 saturated heterocycles. The van der Waals surface area contributed by atoms with Gasteiger partial charge in [0.15, 0.2) is 5.78 Å². The zero-order chi connectivity index (χ0) is 14.5. The number of ketones is 1. The first-order valence-electron chi connectivity index (χ1n) is 6.18. The molecule has 0 aliphatic heterocycles. The summed E-state index contributed by atoms with van der Waals surface area (Å²) in [6.07, 6.45) is 0.463. The van der Waals surface area contributed by atoms with Crippen molar-refractivity contribution in [2.45, 2.75) is 20.0 Å². The smallest absolute Gasteiger partial charge is 0.371 e. The predicted molar refractivity (Wildman–Crippen MR) is 71.1 cm³/mol. The maximum Gasteiger partial charge on any atom is 0.371 e. The molecule has 1 N–H and O–H groups in total. The summed E-state index contributed by atoms with van der Waals surface area (Å²) < 4.78 is 10.5. The van der Waals surface area contributed by atoms with Crippen LogP contribution in [-0.4, -0.2) is 16.9 Å². The van der Waals surface area contributed by atoms with Crippen LogP contribution in [0.3, 0.4) is 0 Å². The number of aromatic carboxylic acids is 1. The molecule has 2 rings (SSSR count). The summed E-state index contributed by atoms with van der Waals surface area (Å²) in [6, 6.07) is 9.73. The van der Waals surface area contributed by atoms with E-state index in [4.69, 9.17) is 14.3 Å². The first-order valence-corrected chi connectivity index (χ1v) is 6.18. The fraction of sp³-hybridized carbons (Fsp3) is 0.200. The second-order valence-electron chi connectivity index (χ2n) is 4.16. The van der Waals surface area contributed by atoms with Gasteiger partial charge in [0.1, 0.15) is 18.1 Å². The third-order valence-electron chi connectivity index (χ3n) is 2.75. The molecule has 0 spiro atoms. The minimum Gasteiger partial charge on any atom is -0.486 e. The topological polar surface area (TPSA) is 76.7 Å². The Morgan fingerprint density at radius 3 is 2.40 bits per heavy atom. The molecule has 0 bridgehead atoms. The quantitative estimate of drug-likeness (QED) is 0.819. The highest BCUT2D eigenvalue weighted by molar-refractivity contribution is 5.95. The number of hydrogen-bond acceptors (Lipinski definition) is 4. The van der Waals surface area contributed by atoms with Crippen LogP contribution in [0.4, 0.5) is 0 Å². The normalized spacial score (nSPS) is 10.2. The molecule has 1 aromatic carbocycles. The SMILES string of the molecule is CCC(=O)c1ccc(OCc2ccc(C(=O)O)o2)cc1. The lowest BCUT2D eigenvalue weighted by molar-refractivity contribution is 0.0658. The number of carbonyl (C=O) groups excluding carboxylic acids is 1. The lowest BCUT2D eigenvalue weighted by Gasteiger charge is -2.05. The monoisotopic (exact) mass is 274 g/mol. The van der Waals surface area contributed by atoms with Crippen LogP contribution in [0.15, 0.2) is 40.8 Å². The van der Waals surface area contributed by atoms with Crippen LogP contribution >= 0.6 is 0 Å². The van der Waals surface area contributed by atoms with Gasteiger partial charge < -0.3 is 14.3 Å². The number of furan rings is 1. The average molecular weight is 274 g/mol. The Balaban J connectivity index is 1.96. The van der Waals surface area contributed by atoms with Gasteiger partial charge in [-0.15, -0.1) is 0 Å². The maximum atomic E-state index is 11.5. The van der Waals surface area contributed by atoms with Gasteiger partial charge in [0.05, 0.1) is 0 Å². The fourth-order valence-corrected chi connectivity index (χ4v) is 1.67. The highest BCUT2D eigenvalue weighted by Crippen LogP contribution is 2.16. The molecule has 0 unspecified atom stereocenters. The van der Waals surface area contributed by atoms with E-state index in [0.29, 0.717) is 23.5 Å². The maximum absolute atomic E-state index is 11.5. The van der Waals surface area contributed by atoms with Crippen molar-refractivity contribution in [2.24, 2.45) is 0 Å². The molecule has 20 heavy (non-hydrogen) atoms. The molecule has 0 aliphatic rings. The minimum absolute atomic E-state index is 0.0775. The first kappa shape index (κ1) is 13.9. The molecule has 2 aromatic rings. The molecule has 104 valence electrons. The Bertz CT molecular complexity index is 609. The van der Waals surface area contributed by atoms with E-state index in [2.05, 4.69) is 0 Å². The summed E-state index contributed by atoms with van der Waals surface area (Å²) in [5, 5.41) is 8.72. The number of carbonyl (C=O) groups is 2. The first-order chi connectivity index (χ1) is 9.60. The molecule has 5 nitrogen and oxygen atoms in total. The van der Waals surface area contributed by atoms with E-state index >= 15 is 0 Å². The molecule has 0 aliphatic carbocycles. The third-order valence-corrected chi connectivity index (χ3v) is 2.75. The summed E-state index contributed by atoms with van der Waals surface area (Å²) in [4.78, 5) is 22.1. The van der Waals surface area contributed by atoms with Gasteiger partial charge in [0.25, 0.3) is 0 Å². The van der Waals surface area contributed by atoms with E-state index in [1.165, 1.54) is 6.07 Å². The van der Waals surface area contributed by atoms with Crippen molar-refractivity contribution in [3.8, 4) is 5.75 Å². The van der Waals surface area contributed by atoms with Gasteiger partial charge in [-0.2, -0.15) is 0 Å². The van der Waals surface area contributed by atoms with Crippen LogP contribution in [0.5, 0.6) is 5.75 Å². The van der Waals surface area contributed by atoms with Gasteiger partial charge >= 0.3 is 5.97 Å². The van der Waals surface area contributed by atoms with Crippen LogP contribution in [0, 0.1) is 0 Å². The van der Waals surface area contributed by atoms with Gasteiger partial charge in [-0.3, -0.25) is 4.79 Å². The van der Waals surface area contributed by atoms with Crippen molar-refractivity contribution in [1.29, 1.82) is 0 Å². The van der Waals surface area contributed by atoms with E-state index < -0.39 is 5.97 Å². The third kappa shape index (κ3) is 3.26. The number of hydrogen-bond donors (Lipinski definition) is 1. The molecule has 1 aromatic heterocycles. The number of carboxylic acids is 1. The van der Waals surface area contributed by atoms with E-state index in [9.17, 15) is 9.59 Å². The summed E-state index contributed by atoms with van der Waals surface area (Å²) in [7, 11) is 0. The predicted octanol–water partition coefficient (Wildman–Crippen LogP) is 3.15. The van der Waals surface area contributed by atoms with Crippen molar-refractivity contribution in [2.75, 3.05) is 0 Å². The van der Waals surface area contributed by atoms with Gasteiger partial charge in [0.2, 0.25) is 5.76 Å². The summed E-state index contributed by atoms with van der Waals surface area (Å²) >= 11 is 0. The molecule has 0 atom stereocenters. The molecular formula is C15H14O5. The molecule has 0 fully saturated rings. The lowest BCUT2D eigenvalue weighted by Crippen LogP contribution is -1.98. The van der Waals surface area contributed by atoms with Crippen LogP contribution in [0.25, 0.3) is 0 Å². The summed E-state index contributed by atoms with van der Waals surface area (Å²) in [6.45, 7) is 1.94. The van der Waals surface area contributed by atoms with Gasteiger partial charge in [-0.1, -0.05) is 6.92 Å². The van der Waals surface area contributed by atoms with E-state index in [0.717, 1.165) is 0 Å². The second kappa shape index (κ2) is 6.06. The Kier molecular flexibility index (Phi) is 4.20. The van der Waals surface area contributed by atoms with Crippen molar-refractivity contribution in [3.05, 3.63) is 53.5 Å². The van der Waals surface area contributed by atoms with Gasteiger partial charge in [0, 0.05) is 12.0 Å². The molecular weight excluding hydrogens is 260 g/mol. The van der Waals surface area contributed by atoms with Gasteiger partial charge in [-0.25, -0.2) is 4.79 Å². The van der Waals surface area contributed by atoms with Gasteiger partial charge in [-0.05, 0) is 36.4 Å². The van der Waals surface area contributed by atoms with Crippen LogP contribution in [0.1, 0.15) is 40.0 Å². The number of ether oxygens (including phenoxy) is 1. The van der Waals surface area contributed by atoms with Crippen molar-refractivity contribution < 1.29 is 23.8 Å². The standard InChI is InChI=1S/C15H14O5/c1-2-13(16)10-3-5-11(6-4-10)19-9-12-7-8-14(20-12)15(17)18/h3-8H,2,9H2,1H3,(H,17,18). The largest absolute Gasteiger partial charge is 0.486 e. The van der Waals surface area contributed by atoms with Crippen LogP contribution < -0.4 is 4.74 Å². The number of carboxylic acid groups (broad SMARTS) is 1. The zero-order valence-electron chi connectivity index (χ0n) is 11.0. The Morgan fingerprint density at radius 1 is 1.15 bits per heavy atom. The molecule has 0 saturated carbocycles. The molecule has 0 radical (unpaired) electrons. The van der Waals surface area contributed by atoms with E-state index in [1.807, 2.05) is 6.92 Å². The van der Waals surface area contributed by atoms with E-state index in [-0.39, 0.29) is 18.2 Å². The Labute approximate surface area is 115 Å². The number of benzene rings is 1. The van der Waals surface area contributed by atoms with Crippen molar-refractivity contribution in [3.63, 3.8) is 0 Å². The lowest BCUT2D eigenvalue weighted by atomic mass is 10.1. The van der Waals surface area contributed by atoms with Crippen LogP contribution in [0.2, 0.25) is 0 Å². The highest BCUT2D eigenvalue weighted by Gasteiger charge is 2.09. The Morgan fingerprint density at radius 2 is 1.85 bits per heavy atom. The number of Topliss-reactive ketones (excluding diaryl/α,β-unsaturated/α-hetero) is 1.